The molecule has 1 heterocycles. The molecule has 0 aromatic heterocycles. The van der Waals surface area contributed by atoms with Crippen LogP contribution in [-0.4, -0.2) is 29.4 Å². The van der Waals surface area contributed by atoms with Crippen LogP contribution in [0.4, 0.5) is 0 Å². The first-order chi connectivity index (χ1) is 8.49. The molecule has 2 rings (SSSR count). The molecule has 0 radical (unpaired) electrons. The van der Waals surface area contributed by atoms with Crippen molar-refractivity contribution in [3.05, 3.63) is 34.9 Å². The van der Waals surface area contributed by atoms with Gasteiger partial charge in [-0.15, -0.1) is 0 Å². The van der Waals surface area contributed by atoms with Crippen LogP contribution < -0.4 is 5.73 Å². The zero-order chi connectivity index (χ0) is 13.3. The van der Waals surface area contributed by atoms with Crippen molar-refractivity contribution in [3.63, 3.8) is 0 Å². The molecule has 0 saturated carbocycles. The number of carbonyl (C=O) groups is 1. The van der Waals surface area contributed by atoms with Gasteiger partial charge in [0.05, 0.1) is 0 Å². The summed E-state index contributed by atoms with van der Waals surface area (Å²) in [4.78, 5) is 14.5. The van der Waals surface area contributed by atoms with Gasteiger partial charge in [-0.3, -0.25) is 4.79 Å². The molecule has 1 saturated heterocycles. The van der Waals surface area contributed by atoms with Gasteiger partial charge in [0.2, 0.25) is 0 Å². The number of benzene rings is 1. The van der Waals surface area contributed by atoms with E-state index in [4.69, 9.17) is 5.73 Å². The Morgan fingerprint density at radius 3 is 2.72 bits per heavy atom. The Bertz CT molecular complexity index is 456. The molecule has 0 unspecified atom stereocenters. The van der Waals surface area contributed by atoms with Gasteiger partial charge in [-0.05, 0) is 45.2 Å². The number of rotatable bonds is 1. The topological polar surface area (TPSA) is 46.3 Å². The van der Waals surface area contributed by atoms with Gasteiger partial charge in [-0.25, -0.2) is 0 Å². The predicted molar refractivity (Wildman–Crippen MR) is 73.6 cm³/mol. The van der Waals surface area contributed by atoms with Crippen molar-refractivity contribution < 1.29 is 4.79 Å². The Labute approximate surface area is 109 Å². The average molecular weight is 246 g/mol. The fourth-order valence-corrected chi connectivity index (χ4v) is 2.72. The zero-order valence-electron chi connectivity index (χ0n) is 11.4. The highest BCUT2D eigenvalue weighted by atomic mass is 16.2. The fraction of sp³-hybridized carbons (Fsp3) is 0.533. The third-order valence-corrected chi connectivity index (χ3v) is 3.79. The molecule has 1 aromatic carbocycles. The van der Waals surface area contributed by atoms with Crippen LogP contribution in [0.2, 0.25) is 0 Å². The lowest BCUT2D eigenvalue weighted by Gasteiger charge is -2.36. The molecule has 1 aliphatic rings. The van der Waals surface area contributed by atoms with Crippen molar-refractivity contribution in [3.8, 4) is 0 Å². The van der Waals surface area contributed by atoms with Gasteiger partial charge in [-0.2, -0.15) is 0 Å². The number of nitrogens with zero attached hydrogens (tertiary/aromatic N) is 1. The minimum Gasteiger partial charge on any atom is -0.336 e. The van der Waals surface area contributed by atoms with Gasteiger partial charge in [0.15, 0.2) is 0 Å². The number of hydrogen-bond donors (Lipinski definition) is 1. The van der Waals surface area contributed by atoms with Crippen molar-refractivity contribution in [2.75, 3.05) is 6.54 Å². The normalized spacial score (nSPS) is 24.1. The molecule has 0 spiro atoms. The van der Waals surface area contributed by atoms with Crippen LogP contribution in [0.15, 0.2) is 18.2 Å². The number of aryl methyl sites for hydroxylation is 2. The first-order valence-corrected chi connectivity index (χ1v) is 6.63. The molecule has 3 nitrogen and oxygen atoms in total. The van der Waals surface area contributed by atoms with E-state index in [1.165, 1.54) is 5.56 Å². The Kier molecular flexibility index (Phi) is 3.71. The molecule has 1 aromatic rings. The maximum atomic E-state index is 12.5. The van der Waals surface area contributed by atoms with Crippen LogP contribution >= 0.6 is 0 Å². The molecular weight excluding hydrogens is 224 g/mol. The summed E-state index contributed by atoms with van der Waals surface area (Å²) < 4.78 is 0. The summed E-state index contributed by atoms with van der Waals surface area (Å²) in [5, 5.41) is 0. The smallest absolute Gasteiger partial charge is 0.254 e. The molecule has 98 valence electrons. The van der Waals surface area contributed by atoms with Gasteiger partial charge in [0.1, 0.15) is 0 Å². The van der Waals surface area contributed by atoms with Crippen molar-refractivity contribution in [1.29, 1.82) is 0 Å². The monoisotopic (exact) mass is 246 g/mol. The van der Waals surface area contributed by atoms with Crippen LogP contribution in [0.5, 0.6) is 0 Å². The van der Waals surface area contributed by atoms with Crippen molar-refractivity contribution in [2.24, 2.45) is 5.73 Å². The largest absolute Gasteiger partial charge is 0.336 e. The summed E-state index contributed by atoms with van der Waals surface area (Å²) in [5.74, 6) is 0.145. The second kappa shape index (κ2) is 5.11. The van der Waals surface area contributed by atoms with Crippen molar-refractivity contribution in [1.82, 2.24) is 4.90 Å². The minimum absolute atomic E-state index is 0.145. The van der Waals surface area contributed by atoms with Gasteiger partial charge >= 0.3 is 0 Å². The lowest BCUT2D eigenvalue weighted by Crippen LogP contribution is -2.48. The van der Waals surface area contributed by atoms with Crippen LogP contribution in [0.25, 0.3) is 0 Å². The summed E-state index contributed by atoms with van der Waals surface area (Å²) in [6.45, 7) is 6.90. The molecule has 2 atom stereocenters. The third kappa shape index (κ3) is 2.56. The van der Waals surface area contributed by atoms with Gasteiger partial charge in [-0.1, -0.05) is 17.7 Å². The van der Waals surface area contributed by atoms with Gasteiger partial charge in [0.25, 0.3) is 5.91 Å². The van der Waals surface area contributed by atoms with E-state index < -0.39 is 0 Å². The Balaban J connectivity index is 2.20. The summed E-state index contributed by atoms with van der Waals surface area (Å²) in [6, 6.07) is 6.48. The Morgan fingerprint density at radius 1 is 1.39 bits per heavy atom. The van der Waals surface area contributed by atoms with Crippen molar-refractivity contribution >= 4 is 5.91 Å². The standard InChI is InChI=1S/C15H22N2O/c1-10-4-5-14(11(2)8-10)15(18)17-7-6-13(16)9-12(17)3/h4-5,8,12-13H,6-7,9,16H2,1-3H3/t12-,13+/m0/s1. The second-order valence-electron chi connectivity index (χ2n) is 5.45. The van der Waals surface area contributed by atoms with Crippen LogP contribution in [-0.2, 0) is 0 Å². The lowest BCUT2D eigenvalue weighted by molar-refractivity contribution is 0.0618. The number of nitrogens with two attached hydrogens (primary N) is 1. The van der Waals surface area contributed by atoms with E-state index in [1.54, 1.807) is 0 Å². The summed E-state index contributed by atoms with van der Waals surface area (Å²) in [5.41, 5.74) is 9.01. The molecule has 0 aliphatic carbocycles. The fourth-order valence-electron chi connectivity index (χ4n) is 2.72. The highest BCUT2D eigenvalue weighted by molar-refractivity contribution is 5.96. The van der Waals surface area contributed by atoms with E-state index in [0.29, 0.717) is 0 Å². The highest BCUT2D eigenvalue weighted by Crippen LogP contribution is 2.20. The summed E-state index contributed by atoms with van der Waals surface area (Å²) in [6.07, 6.45) is 1.80. The Morgan fingerprint density at radius 2 is 2.11 bits per heavy atom. The number of likely N-dealkylation sites (tertiary alicyclic amines) is 1. The maximum Gasteiger partial charge on any atom is 0.254 e. The van der Waals surface area contributed by atoms with E-state index in [2.05, 4.69) is 13.0 Å². The molecule has 1 amide bonds. The molecule has 0 bridgehead atoms. The summed E-state index contributed by atoms with van der Waals surface area (Å²) in [7, 11) is 0. The van der Waals surface area contributed by atoms with Crippen molar-refractivity contribution in [2.45, 2.75) is 45.7 Å². The quantitative estimate of drug-likeness (QED) is 0.826. The Hall–Kier alpha value is -1.35. The molecule has 3 heteroatoms. The predicted octanol–water partition coefficient (Wildman–Crippen LogP) is 2.26. The molecule has 18 heavy (non-hydrogen) atoms. The first-order valence-electron chi connectivity index (χ1n) is 6.63. The van der Waals surface area contributed by atoms with Gasteiger partial charge in [0, 0.05) is 24.2 Å². The number of piperidine rings is 1. The third-order valence-electron chi connectivity index (χ3n) is 3.79. The summed E-state index contributed by atoms with van der Waals surface area (Å²) >= 11 is 0. The van der Waals surface area contributed by atoms with Crippen LogP contribution in [0.1, 0.15) is 41.3 Å². The van der Waals surface area contributed by atoms with E-state index in [9.17, 15) is 4.79 Å². The van der Waals surface area contributed by atoms with Crippen LogP contribution in [0, 0.1) is 13.8 Å². The SMILES string of the molecule is Cc1ccc(C(=O)N2CC[C@@H](N)C[C@@H]2C)c(C)c1. The van der Waals surface area contributed by atoms with E-state index >= 15 is 0 Å². The first kappa shape index (κ1) is 13.1. The number of hydrogen-bond acceptors (Lipinski definition) is 2. The minimum atomic E-state index is 0.145. The molecular formula is C15H22N2O. The van der Waals surface area contributed by atoms with Gasteiger partial charge < -0.3 is 10.6 Å². The van der Waals surface area contributed by atoms with E-state index in [0.717, 1.165) is 30.5 Å². The van der Waals surface area contributed by atoms with Crippen LogP contribution in [0.3, 0.4) is 0 Å². The number of carbonyl (C=O) groups excluding carboxylic acids is 1. The lowest BCUT2D eigenvalue weighted by atomic mass is 9.97. The van der Waals surface area contributed by atoms with E-state index in [1.807, 2.05) is 30.9 Å². The maximum absolute atomic E-state index is 12.5. The highest BCUT2D eigenvalue weighted by Gasteiger charge is 2.28. The van der Waals surface area contributed by atoms with E-state index in [-0.39, 0.29) is 18.0 Å². The molecule has 2 N–H and O–H groups in total. The zero-order valence-corrected chi connectivity index (χ0v) is 11.4. The molecule has 1 fully saturated rings. The average Bonchev–Trinajstić information content (AvgIpc) is 2.28. The number of amides is 1. The second-order valence-corrected chi connectivity index (χ2v) is 5.45. The molecule has 1 aliphatic heterocycles.